The Kier molecular flexibility index (Phi) is 4.69. The highest BCUT2D eigenvalue weighted by atomic mass is 32.1. The summed E-state index contributed by atoms with van der Waals surface area (Å²) in [6.45, 7) is 6.59. The van der Waals surface area contributed by atoms with Crippen LogP contribution in [-0.4, -0.2) is 35.0 Å². The monoisotopic (exact) mass is 255 g/mol. The van der Waals surface area contributed by atoms with Crippen LogP contribution in [0.2, 0.25) is 0 Å². The molecule has 0 spiro atoms. The Morgan fingerprint density at radius 2 is 2.06 bits per heavy atom. The molecule has 0 aliphatic carbocycles. The van der Waals surface area contributed by atoms with Crippen molar-refractivity contribution in [3.8, 4) is 0 Å². The number of carbonyl (C=O) groups is 2. The van der Waals surface area contributed by atoms with Crippen molar-refractivity contribution in [3.05, 3.63) is 21.4 Å². The van der Waals surface area contributed by atoms with E-state index in [1.54, 1.807) is 4.90 Å². The summed E-state index contributed by atoms with van der Waals surface area (Å²) in [7, 11) is 0. The first-order chi connectivity index (χ1) is 7.95. The lowest BCUT2D eigenvalue weighted by Crippen LogP contribution is -2.32. The summed E-state index contributed by atoms with van der Waals surface area (Å²) in [6.07, 6.45) is -0.0110. The van der Waals surface area contributed by atoms with Gasteiger partial charge in [-0.15, -0.1) is 11.3 Å². The van der Waals surface area contributed by atoms with Crippen LogP contribution >= 0.6 is 11.3 Å². The van der Waals surface area contributed by atoms with Gasteiger partial charge in [-0.05, 0) is 32.4 Å². The number of aryl methyl sites for hydroxylation is 2. The third-order valence-electron chi connectivity index (χ3n) is 2.64. The van der Waals surface area contributed by atoms with Crippen LogP contribution < -0.4 is 0 Å². The molecule has 4 nitrogen and oxygen atoms in total. The first-order valence-electron chi connectivity index (χ1n) is 5.53. The Balaban J connectivity index is 2.75. The van der Waals surface area contributed by atoms with Crippen molar-refractivity contribution in [1.82, 2.24) is 4.90 Å². The fourth-order valence-corrected chi connectivity index (χ4v) is 2.47. The average molecular weight is 255 g/mol. The Bertz CT molecular complexity index is 406. The molecule has 0 saturated carbocycles. The number of thiophene rings is 1. The SMILES string of the molecule is CCN(CCC(=O)O)C(=O)c1cc(C)c(C)s1. The Labute approximate surface area is 105 Å². The number of nitrogens with zero attached hydrogens (tertiary/aromatic N) is 1. The highest BCUT2D eigenvalue weighted by Gasteiger charge is 2.17. The summed E-state index contributed by atoms with van der Waals surface area (Å²) in [5, 5.41) is 8.62. The normalized spacial score (nSPS) is 10.3. The van der Waals surface area contributed by atoms with Crippen molar-refractivity contribution in [2.75, 3.05) is 13.1 Å². The number of carboxylic acid groups (broad SMARTS) is 1. The van der Waals surface area contributed by atoms with Gasteiger partial charge in [0, 0.05) is 18.0 Å². The van der Waals surface area contributed by atoms with Crippen LogP contribution in [0.15, 0.2) is 6.07 Å². The van der Waals surface area contributed by atoms with Crippen LogP contribution in [0.25, 0.3) is 0 Å². The van der Waals surface area contributed by atoms with Crippen LogP contribution in [0.5, 0.6) is 0 Å². The molecule has 5 heteroatoms. The molecule has 0 radical (unpaired) electrons. The maximum atomic E-state index is 12.1. The molecule has 1 N–H and O–H groups in total. The third kappa shape index (κ3) is 3.56. The molecule has 0 aromatic carbocycles. The lowest BCUT2D eigenvalue weighted by Gasteiger charge is -2.18. The van der Waals surface area contributed by atoms with Crippen molar-refractivity contribution in [1.29, 1.82) is 0 Å². The van der Waals surface area contributed by atoms with Crippen LogP contribution in [-0.2, 0) is 4.79 Å². The van der Waals surface area contributed by atoms with Gasteiger partial charge < -0.3 is 10.0 Å². The zero-order valence-electron chi connectivity index (χ0n) is 10.3. The standard InChI is InChI=1S/C12H17NO3S/c1-4-13(6-5-11(14)15)12(16)10-7-8(2)9(3)17-10/h7H,4-6H2,1-3H3,(H,14,15). The van der Waals surface area contributed by atoms with Crippen LogP contribution in [0, 0.1) is 13.8 Å². The minimum atomic E-state index is -0.880. The number of hydrogen-bond acceptors (Lipinski definition) is 3. The van der Waals surface area contributed by atoms with E-state index < -0.39 is 5.97 Å². The molecule has 94 valence electrons. The number of carbonyl (C=O) groups excluding carboxylic acids is 1. The van der Waals surface area contributed by atoms with E-state index in [1.807, 2.05) is 26.8 Å². The first-order valence-corrected chi connectivity index (χ1v) is 6.35. The summed E-state index contributed by atoms with van der Waals surface area (Å²) in [5.74, 6) is -0.954. The number of aliphatic carboxylic acids is 1. The van der Waals surface area contributed by atoms with E-state index >= 15 is 0 Å². The van der Waals surface area contributed by atoms with Gasteiger partial charge in [-0.3, -0.25) is 9.59 Å². The fourth-order valence-electron chi connectivity index (χ4n) is 1.47. The molecule has 0 atom stereocenters. The van der Waals surface area contributed by atoms with E-state index in [-0.39, 0.29) is 18.9 Å². The van der Waals surface area contributed by atoms with Gasteiger partial charge >= 0.3 is 5.97 Å². The zero-order chi connectivity index (χ0) is 13.0. The van der Waals surface area contributed by atoms with Gasteiger partial charge in [0.1, 0.15) is 0 Å². The van der Waals surface area contributed by atoms with Gasteiger partial charge in [0.2, 0.25) is 0 Å². The van der Waals surface area contributed by atoms with Crippen molar-refractivity contribution >= 4 is 23.2 Å². The highest BCUT2D eigenvalue weighted by molar-refractivity contribution is 7.14. The molecule has 0 saturated heterocycles. The number of rotatable bonds is 5. The highest BCUT2D eigenvalue weighted by Crippen LogP contribution is 2.22. The molecular formula is C12H17NO3S. The molecule has 0 bridgehead atoms. The maximum absolute atomic E-state index is 12.1. The average Bonchev–Trinajstić information content (AvgIpc) is 2.59. The summed E-state index contributed by atoms with van der Waals surface area (Å²) in [4.78, 5) is 26.0. The molecule has 17 heavy (non-hydrogen) atoms. The second-order valence-electron chi connectivity index (χ2n) is 3.88. The largest absolute Gasteiger partial charge is 0.481 e. The number of amides is 1. The maximum Gasteiger partial charge on any atom is 0.305 e. The predicted molar refractivity (Wildman–Crippen MR) is 67.6 cm³/mol. The van der Waals surface area contributed by atoms with E-state index in [9.17, 15) is 9.59 Å². The second kappa shape index (κ2) is 5.82. The van der Waals surface area contributed by atoms with Gasteiger partial charge in [0.15, 0.2) is 0 Å². The van der Waals surface area contributed by atoms with E-state index in [2.05, 4.69) is 0 Å². The molecule has 1 amide bonds. The smallest absolute Gasteiger partial charge is 0.305 e. The van der Waals surface area contributed by atoms with Crippen molar-refractivity contribution in [2.45, 2.75) is 27.2 Å². The Morgan fingerprint density at radius 1 is 1.41 bits per heavy atom. The lowest BCUT2D eigenvalue weighted by molar-refractivity contribution is -0.137. The summed E-state index contributed by atoms with van der Waals surface area (Å²) in [5.41, 5.74) is 1.10. The number of hydrogen-bond donors (Lipinski definition) is 1. The molecule has 0 aliphatic rings. The van der Waals surface area contributed by atoms with Gasteiger partial charge in [-0.2, -0.15) is 0 Å². The summed E-state index contributed by atoms with van der Waals surface area (Å²) in [6, 6.07) is 1.87. The van der Waals surface area contributed by atoms with Gasteiger partial charge in [-0.25, -0.2) is 0 Å². The quantitative estimate of drug-likeness (QED) is 0.878. The van der Waals surface area contributed by atoms with E-state index in [1.165, 1.54) is 11.3 Å². The Hall–Kier alpha value is -1.36. The summed E-state index contributed by atoms with van der Waals surface area (Å²) < 4.78 is 0. The molecule has 1 rings (SSSR count). The molecule has 1 heterocycles. The first kappa shape index (κ1) is 13.7. The third-order valence-corrected chi connectivity index (χ3v) is 3.78. The topological polar surface area (TPSA) is 57.6 Å². The van der Waals surface area contributed by atoms with Crippen molar-refractivity contribution < 1.29 is 14.7 Å². The molecule has 0 aliphatic heterocycles. The molecule has 0 fully saturated rings. The molecule has 1 aromatic rings. The van der Waals surface area contributed by atoms with Gasteiger partial charge in [0.05, 0.1) is 11.3 Å². The van der Waals surface area contributed by atoms with Crippen LogP contribution in [0.1, 0.15) is 33.5 Å². The van der Waals surface area contributed by atoms with Gasteiger partial charge in [0.25, 0.3) is 5.91 Å². The van der Waals surface area contributed by atoms with Crippen LogP contribution in [0.3, 0.4) is 0 Å². The van der Waals surface area contributed by atoms with Crippen molar-refractivity contribution in [2.24, 2.45) is 0 Å². The number of carboxylic acids is 1. The molecule has 1 aromatic heterocycles. The van der Waals surface area contributed by atoms with Crippen molar-refractivity contribution in [3.63, 3.8) is 0 Å². The molecule has 0 unspecified atom stereocenters. The van der Waals surface area contributed by atoms with E-state index in [0.29, 0.717) is 11.4 Å². The molecular weight excluding hydrogens is 238 g/mol. The lowest BCUT2D eigenvalue weighted by atomic mass is 10.2. The fraction of sp³-hybridized carbons (Fsp3) is 0.500. The second-order valence-corrected chi connectivity index (χ2v) is 5.13. The summed E-state index contributed by atoms with van der Waals surface area (Å²) >= 11 is 1.46. The van der Waals surface area contributed by atoms with Crippen LogP contribution in [0.4, 0.5) is 0 Å². The van der Waals surface area contributed by atoms with E-state index in [4.69, 9.17) is 5.11 Å². The zero-order valence-corrected chi connectivity index (χ0v) is 11.1. The minimum Gasteiger partial charge on any atom is -0.481 e. The van der Waals surface area contributed by atoms with Gasteiger partial charge in [-0.1, -0.05) is 0 Å². The predicted octanol–water partition coefficient (Wildman–Crippen LogP) is 2.30. The Morgan fingerprint density at radius 3 is 2.47 bits per heavy atom. The minimum absolute atomic E-state index is 0.0110. The van der Waals surface area contributed by atoms with E-state index in [0.717, 1.165) is 10.4 Å².